The number of nitriles is 1. The molecule has 198 valence electrons. The molecule has 0 saturated heterocycles. The molecule has 10 heteroatoms. The summed E-state index contributed by atoms with van der Waals surface area (Å²) in [5.41, 5.74) is 9.11. The van der Waals surface area contributed by atoms with E-state index in [0.717, 1.165) is 10.8 Å². The number of amides is 1. The second-order valence-corrected chi connectivity index (χ2v) is 9.33. The van der Waals surface area contributed by atoms with Crippen LogP contribution >= 0.6 is 0 Å². The molecule has 0 saturated carbocycles. The van der Waals surface area contributed by atoms with E-state index in [-0.39, 0.29) is 35.2 Å². The number of carbonyl (C=O) groups excluding carboxylic acids is 1. The number of anilines is 4. The lowest BCUT2D eigenvalue weighted by Crippen LogP contribution is -2.14. The Kier molecular flexibility index (Phi) is 5.61. The van der Waals surface area contributed by atoms with Crippen molar-refractivity contribution in [3.63, 3.8) is 0 Å². The summed E-state index contributed by atoms with van der Waals surface area (Å²) in [6.45, 7) is 0.100. The van der Waals surface area contributed by atoms with E-state index >= 15 is 0 Å². The minimum Gasteiger partial charge on any atom is -0.454 e. The first-order valence-electron chi connectivity index (χ1n) is 12.7. The Hall–Kier alpha value is -6.08. The van der Waals surface area contributed by atoms with E-state index in [9.17, 15) is 10.1 Å². The van der Waals surface area contributed by atoms with Crippen molar-refractivity contribution in [3.05, 3.63) is 102 Å². The van der Waals surface area contributed by atoms with E-state index in [1.807, 2.05) is 72.8 Å². The normalized spacial score (nSPS) is 11.9. The van der Waals surface area contributed by atoms with E-state index < -0.39 is 5.91 Å². The van der Waals surface area contributed by atoms with Crippen LogP contribution in [-0.2, 0) is 0 Å². The maximum absolute atomic E-state index is 14.0. The molecule has 1 aliphatic rings. The second-order valence-electron chi connectivity index (χ2n) is 9.33. The largest absolute Gasteiger partial charge is 0.454 e. The van der Waals surface area contributed by atoms with Crippen LogP contribution in [0.15, 0.2) is 91.0 Å². The number of carbonyl (C=O) groups is 1. The number of nitrogens with one attached hydrogen (secondary N) is 2. The fraction of sp³-hybridized carbons (Fsp3) is 0.0323. The average Bonchev–Trinajstić information content (AvgIpc) is 3.61. The molecule has 6 aromatic rings. The van der Waals surface area contributed by atoms with Crippen molar-refractivity contribution in [3.8, 4) is 28.8 Å². The molecule has 1 amide bonds. The molecule has 4 aromatic carbocycles. The van der Waals surface area contributed by atoms with E-state index in [1.54, 1.807) is 18.2 Å². The van der Waals surface area contributed by atoms with Gasteiger partial charge in [-0.2, -0.15) is 5.26 Å². The van der Waals surface area contributed by atoms with Gasteiger partial charge in [-0.15, -0.1) is 5.10 Å². The Labute approximate surface area is 233 Å². The summed E-state index contributed by atoms with van der Waals surface area (Å²) < 4.78 is 12.5. The molecule has 0 unspecified atom stereocenters. The van der Waals surface area contributed by atoms with Gasteiger partial charge >= 0.3 is 0 Å². The molecule has 10 nitrogen and oxygen atoms in total. The lowest BCUT2D eigenvalue weighted by molar-refractivity contribution is 0.102. The molecule has 7 rings (SSSR count). The third-order valence-electron chi connectivity index (χ3n) is 6.85. The number of nitrogens with two attached hydrogens (primary N) is 1. The maximum Gasteiger partial charge on any atom is 0.263 e. The van der Waals surface area contributed by atoms with Crippen LogP contribution in [0.2, 0.25) is 0 Å². The molecule has 1 aliphatic heterocycles. The molecule has 0 fully saturated rings. The van der Waals surface area contributed by atoms with Crippen molar-refractivity contribution in [1.29, 1.82) is 5.26 Å². The standard InChI is InChI=1S/C31H21N7O3/c32-16-22-27(19-13-14-24-25(15-19)41-17-40-24)38-30(36-28(22)33)26(29(37-38)34-20-9-2-1-3-10-20)31(39)35-23-12-6-8-18-7-4-5-11-21(18)23/h1-15H,17H2,(H2,33,36)(H,34,37)(H,35,39). The topological polar surface area (TPSA) is 140 Å². The van der Waals surface area contributed by atoms with Crippen molar-refractivity contribution in [2.24, 2.45) is 0 Å². The van der Waals surface area contributed by atoms with Crippen LogP contribution in [0.4, 0.5) is 23.0 Å². The van der Waals surface area contributed by atoms with Gasteiger partial charge in [-0.3, -0.25) is 4.79 Å². The third kappa shape index (κ3) is 4.09. The van der Waals surface area contributed by atoms with E-state index in [2.05, 4.69) is 21.7 Å². The van der Waals surface area contributed by atoms with E-state index in [4.69, 9.17) is 20.3 Å². The highest BCUT2D eigenvalue weighted by atomic mass is 16.7. The van der Waals surface area contributed by atoms with Gasteiger partial charge in [-0.25, -0.2) is 9.50 Å². The highest BCUT2D eigenvalue weighted by Crippen LogP contribution is 2.39. The van der Waals surface area contributed by atoms with Gasteiger partial charge in [0.1, 0.15) is 23.0 Å². The van der Waals surface area contributed by atoms with Gasteiger partial charge in [0.25, 0.3) is 5.91 Å². The molecule has 0 radical (unpaired) electrons. The molecule has 41 heavy (non-hydrogen) atoms. The molecule has 0 atom stereocenters. The van der Waals surface area contributed by atoms with Gasteiger partial charge in [0, 0.05) is 22.3 Å². The first kappa shape index (κ1) is 24.0. The number of para-hydroxylation sites is 1. The fourth-order valence-electron chi connectivity index (χ4n) is 4.96. The minimum absolute atomic E-state index is 0.0296. The highest BCUT2D eigenvalue weighted by molar-refractivity contribution is 6.15. The van der Waals surface area contributed by atoms with Crippen LogP contribution in [-0.4, -0.2) is 27.3 Å². The van der Waals surface area contributed by atoms with Crippen LogP contribution < -0.4 is 25.8 Å². The Morgan fingerprint density at radius 1 is 0.951 bits per heavy atom. The summed E-state index contributed by atoms with van der Waals surface area (Å²) in [5.74, 6) is 0.894. The van der Waals surface area contributed by atoms with Crippen molar-refractivity contribution >= 4 is 45.3 Å². The summed E-state index contributed by atoms with van der Waals surface area (Å²) in [6, 6.07) is 30.3. The van der Waals surface area contributed by atoms with Crippen molar-refractivity contribution in [2.75, 3.05) is 23.2 Å². The lowest BCUT2D eigenvalue weighted by Gasteiger charge is -2.11. The Bertz CT molecular complexity index is 2020. The first-order chi connectivity index (χ1) is 20.1. The number of nitrogens with zero attached hydrogens (tertiary/aromatic N) is 4. The number of fused-ring (bicyclic) bond motifs is 3. The van der Waals surface area contributed by atoms with Gasteiger partial charge in [0.2, 0.25) is 6.79 Å². The summed E-state index contributed by atoms with van der Waals surface area (Å²) in [5, 5.41) is 23.0. The summed E-state index contributed by atoms with van der Waals surface area (Å²) in [6.07, 6.45) is 0. The molecular formula is C31H21N7O3. The van der Waals surface area contributed by atoms with Crippen LogP contribution in [0.3, 0.4) is 0 Å². The zero-order valence-electron chi connectivity index (χ0n) is 21.5. The molecule has 2 aromatic heterocycles. The van der Waals surface area contributed by atoms with Gasteiger partial charge < -0.3 is 25.8 Å². The van der Waals surface area contributed by atoms with Crippen LogP contribution in [0.25, 0.3) is 27.7 Å². The molecular weight excluding hydrogens is 518 g/mol. The number of ether oxygens (including phenoxy) is 2. The monoisotopic (exact) mass is 539 g/mol. The van der Waals surface area contributed by atoms with Gasteiger partial charge in [-0.1, -0.05) is 54.6 Å². The number of rotatable bonds is 5. The average molecular weight is 540 g/mol. The van der Waals surface area contributed by atoms with Crippen LogP contribution in [0.5, 0.6) is 11.5 Å². The van der Waals surface area contributed by atoms with Crippen molar-refractivity contribution < 1.29 is 14.3 Å². The quantitative estimate of drug-likeness (QED) is 0.252. The van der Waals surface area contributed by atoms with Gasteiger partial charge in [0.15, 0.2) is 23.0 Å². The molecule has 0 aliphatic carbocycles. The summed E-state index contributed by atoms with van der Waals surface area (Å²) in [7, 11) is 0. The zero-order chi connectivity index (χ0) is 27.9. The molecule has 4 N–H and O–H groups in total. The highest BCUT2D eigenvalue weighted by Gasteiger charge is 2.27. The van der Waals surface area contributed by atoms with E-state index in [0.29, 0.717) is 34.1 Å². The Balaban J connectivity index is 1.44. The predicted molar refractivity (Wildman–Crippen MR) is 155 cm³/mol. The SMILES string of the molecule is N#Cc1c(N)nc2c(C(=O)Nc3cccc4ccccc34)c(Nc3ccccc3)nn2c1-c1ccc2c(c1)OCO2. The van der Waals surface area contributed by atoms with Crippen molar-refractivity contribution in [2.45, 2.75) is 0 Å². The molecule has 0 bridgehead atoms. The number of benzene rings is 4. The number of hydrogen-bond donors (Lipinski definition) is 3. The summed E-state index contributed by atoms with van der Waals surface area (Å²) >= 11 is 0. The third-order valence-corrected chi connectivity index (χ3v) is 6.85. The van der Waals surface area contributed by atoms with Gasteiger partial charge in [-0.05, 0) is 41.8 Å². The van der Waals surface area contributed by atoms with Crippen molar-refractivity contribution in [1.82, 2.24) is 14.6 Å². The first-order valence-corrected chi connectivity index (χ1v) is 12.7. The van der Waals surface area contributed by atoms with E-state index in [1.165, 1.54) is 4.52 Å². The lowest BCUT2D eigenvalue weighted by atomic mass is 10.1. The fourth-order valence-corrected chi connectivity index (χ4v) is 4.96. The summed E-state index contributed by atoms with van der Waals surface area (Å²) in [4.78, 5) is 18.5. The molecule has 0 spiro atoms. The minimum atomic E-state index is -0.442. The van der Waals surface area contributed by atoms with Crippen LogP contribution in [0, 0.1) is 11.3 Å². The zero-order valence-corrected chi connectivity index (χ0v) is 21.5. The predicted octanol–water partition coefficient (Wildman–Crippen LogP) is 5.73. The maximum atomic E-state index is 14.0. The molecule has 3 heterocycles. The second kappa shape index (κ2) is 9.59. The van der Waals surface area contributed by atoms with Gasteiger partial charge in [0.05, 0.1) is 5.69 Å². The van der Waals surface area contributed by atoms with Crippen LogP contribution in [0.1, 0.15) is 15.9 Å². The Morgan fingerprint density at radius 2 is 1.73 bits per heavy atom. The number of aromatic nitrogens is 3. The smallest absolute Gasteiger partial charge is 0.263 e. The Morgan fingerprint density at radius 3 is 2.59 bits per heavy atom. The number of hydrogen-bond acceptors (Lipinski definition) is 8. The number of nitrogen functional groups attached to an aromatic ring is 1.